The molecule has 168 valence electrons. The molecule has 0 spiro atoms. The predicted molar refractivity (Wildman–Crippen MR) is 112 cm³/mol. The molecule has 0 radical (unpaired) electrons. The van der Waals surface area contributed by atoms with Gasteiger partial charge in [-0.3, -0.25) is 4.79 Å². The average molecular weight is 429 g/mol. The van der Waals surface area contributed by atoms with E-state index in [1.807, 2.05) is 19.9 Å². The van der Waals surface area contributed by atoms with E-state index in [9.17, 15) is 22.4 Å². The molecular formula is C23H32F4N2O. The number of ketones is 1. The maximum absolute atomic E-state index is 14.5. The minimum atomic E-state index is -4.59. The van der Waals surface area contributed by atoms with Gasteiger partial charge in [-0.15, -0.1) is 0 Å². The molecule has 1 N–H and O–H groups in total. The molecule has 0 fully saturated rings. The number of carbonyl (C=O) groups excluding carboxylic acids is 1. The predicted octanol–water partition coefficient (Wildman–Crippen LogP) is 6.04. The van der Waals surface area contributed by atoms with Crippen LogP contribution in [0.3, 0.4) is 0 Å². The van der Waals surface area contributed by atoms with Crippen LogP contribution in [-0.2, 0) is 11.0 Å². The fourth-order valence-electron chi connectivity index (χ4n) is 3.42. The number of alkyl halides is 3. The summed E-state index contributed by atoms with van der Waals surface area (Å²) in [5.74, 6) is -0.944. The van der Waals surface area contributed by atoms with Gasteiger partial charge in [0.15, 0.2) is 5.78 Å². The number of carbonyl (C=O) groups is 1. The highest BCUT2D eigenvalue weighted by Crippen LogP contribution is 2.34. The zero-order valence-electron chi connectivity index (χ0n) is 18.6. The van der Waals surface area contributed by atoms with Crippen LogP contribution in [0.1, 0.15) is 63.6 Å². The monoisotopic (exact) mass is 428 g/mol. The Kier molecular flexibility index (Phi) is 9.75. The average Bonchev–Trinajstić information content (AvgIpc) is 2.64. The first-order valence-corrected chi connectivity index (χ1v) is 10.0. The van der Waals surface area contributed by atoms with E-state index in [2.05, 4.69) is 5.32 Å². The molecule has 0 heterocycles. The summed E-state index contributed by atoms with van der Waals surface area (Å²) in [5.41, 5.74) is 1.71. The van der Waals surface area contributed by atoms with Gasteiger partial charge in [0, 0.05) is 24.4 Å². The van der Waals surface area contributed by atoms with Gasteiger partial charge < -0.3 is 10.2 Å². The molecule has 1 atom stereocenters. The molecule has 0 aliphatic heterocycles. The number of nitrogens with zero attached hydrogens (tertiary/aromatic N) is 1. The molecule has 0 aromatic heterocycles. The van der Waals surface area contributed by atoms with Crippen molar-refractivity contribution in [3.05, 3.63) is 58.1 Å². The molecule has 1 unspecified atom stereocenters. The van der Waals surface area contributed by atoms with Gasteiger partial charge in [0.25, 0.3) is 0 Å². The number of Topliss-reactive ketones (excluding diaryl/α,β-unsaturated/α-hetero) is 1. The van der Waals surface area contributed by atoms with Crippen LogP contribution in [0.25, 0.3) is 0 Å². The number of nitrogens with one attached hydrogen (secondary N) is 1. The molecule has 3 nitrogen and oxygen atoms in total. The Labute approximate surface area is 176 Å². The van der Waals surface area contributed by atoms with E-state index in [0.29, 0.717) is 24.5 Å². The summed E-state index contributed by atoms with van der Waals surface area (Å²) in [5, 5.41) is 3.05. The van der Waals surface area contributed by atoms with Crippen molar-refractivity contribution >= 4 is 5.78 Å². The largest absolute Gasteiger partial charge is 0.416 e. The number of hydrogen-bond donors (Lipinski definition) is 1. The van der Waals surface area contributed by atoms with Crippen molar-refractivity contribution in [2.75, 3.05) is 21.1 Å². The molecule has 1 aromatic rings. The molecule has 0 saturated carbocycles. The number of hydrogen-bond acceptors (Lipinski definition) is 3. The van der Waals surface area contributed by atoms with E-state index in [0.717, 1.165) is 30.2 Å². The number of rotatable bonds is 10. The topological polar surface area (TPSA) is 32.3 Å². The second-order valence-electron chi connectivity index (χ2n) is 7.64. The summed E-state index contributed by atoms with van der Waals surface area (Å²) in [7, 11) is 5.30. The lowest BCUT2D eigenvalue weighted by Crippen LogP contribution is -2.22. The molecule has 0 aliphatic rings. The molecule has 30 heavy (non-hydrogen) atoms. The third-order valence-electron chi connectivity index (χ3n) is 5.09. The van der Waals surface area contributed by atoms with E-state index in [1.54, 1.807) is 26.0 Å². The lowest BCUT2D eigenvalue weighted by atomic mass is 9.91. The third kappa shape index (κ3) is 7.27. The molecule has 0 amide bonds. The van der Waals surface area contributed by atoms with Gasteiger partial charge in [0.1, 0.15) is 5.82 Å². The van der Waals surface area contributed by atoms with Gasteiger partial charge >= 0.3 is 6.18 Å². The van der Waals surface area contributed by atoms with E-state index >= 15 is 0 Å². The summed E-state index contributed by atoms with van der Waals surface area (Å²) in [6.45, 7) is 5.45. The SMILES string of the molecule is CCCC(/C=C(\C)NC)=C(\CCC(c1ccc(C(F)(F)F)cc1F)N(C)C)C(C)=O. The van der Waals surface area contributed by atoms with Crippen molar-refractivity contribution < 1.29 is 22.4 Å². The lowest BCUT2D eigenvalue weighted by molar-refractivity contribution is -0.137. The molecule has 0 saturated heterocycles. The standard InChI is InChI=1S/C23H32F4N2O/c1-7-8-17(13-15(2)28-4)19(16(3)30)11-12-22(29(5)6)20-10-9-18(14-21(20)24)23(25,26)27/h9-10,13-14,22,28H,7-8,11-12H2,1-6H3/b15-13+,19-17-. The Bertz CT molecular complexity index is 795. The zero-order chi connectivity index (χ0) is 23.1. The summed E-state index contributed by atoms with van der Waals surface area (Å²) in [6, 6.07) is 2.17. The second kappa shape index (κ2) is 11.3. The van der Waals surface area contributed by atoms with Crippen LogP contribution >= 0.6 is 0 Å². The van der Waals surface area contributed by atoms with Crippen molar-refractivity contribution in [1.29, 1.82) is 0 Å². The first kappa shape index (κ1) is 25.9. The lowest BCUT2D eigenvalue weighted by Gasteiger charge is -2.26. The van der Waals surface area contributed by atoms with E-state index in [-0.39, 0.29) is 11.3 Å². The van der Waals surface area contributed by atoms with Crippen LogP contribution in [0.15, 0.2) is 41.1 Å². The van der Waals surface area contributed by atoms with Crippen molar-refractivity contribution in [3.63, 3.8) is 0 Å². The van der Waals surface area contributed by atoms with Gasteiger partial charge in [-0.25, -0.2) is 4.39 Å². The molecule has 0 aliphatic carbocycles. The molecule has 1 rings (SSSR count). The second-order valence-corrected chi connectivity index (χ2v) is 7.64. The minimum absolute atomic E-state index is 0.0519. The van der Waals surface area contributed by atoms with Crippen LogP contribution in [0.4, 0.5) is 17.6 Å². The first-order valence-electron chi connectivity index (χ1n) is 10.0. The maximum Gasteiger partial charge on any atom is 0.416 e. The van der Waals surface area contributed by atoms with Gasteiger partial charge in [0.05, 0.1) is 5.56 Å². The van der Waals surface area contributed by atoms with E-state index in [1.165, 1.54) is 13.0 Å². The van der Waals surface area contributed by atoms with Crippen LogP contribution in [0, 0.1) is 5.82 Å². The van der Waals surface area contributed by atoms with Crippen molar-refractivity contribution in [2.24, 2.45) is 0 Å². The highest BCUT2D eigenvalue weighted by atomic mass is 19.4. The Morgan fingerprint density at radius 1 is 1.20 bits per heavy atom. The van der Waals surface area contributed by atoms with Crippen molar-refractivity contribution in [2.45, 2.75) is 58.7 Å². The van der Waals surface area contributed by atoms with Crippen molar-refractivity contribution in [1.82, 2.24) is 10.2 Å². The highest BCUT2D eigenvalue weighted by Gasteiger charge is 2.32. The Morgan fingerprint density at radius 3 is 2.27 bits per heavy atom. The summed E-state index contributed by atoms with van der Waals surface area (Å²) < 4.78 is 53.1. The van der Waals surface area contributed by atoms with E-state index < -0.39 is 23.6 Å². The summed E-state index contributed by atoms with van der Waals surface area (Å²) >= 11 is 0. The third-order valence-corrected chi connectivity index (χ3v) is 5.09. The Morgan fingerprint density at radius 2 is 1.83 bits per heavy atom. The van der Waals surface area contributed by atoms with Gasteiger partial charge in [-0.05, 0) is 76.6 Å². The van der Waals surface area contributed by atoms with Crippen molar-refractivity contribution in [3.8, 4) is 0 Å². The molecule has 0 bridgehead atoms. The molecule has 7 heteroatoms. The number of benzene rings is 1. The zero-order valence-corrected chi connectivity index (χ0v) is 18.6. The fraction of sp³-hybridized carbons (Fsp3) is 0.522. The summed E-state index contributed by atoms with van der Waals surface area (Å²) in [6.07, 6.45) is -0.238. The van der Waals surface area contributed by atoms with Gasteiger partial charge in [0.2, 0.25) is 0 Å². The van der Waals surface area contributed by atoms with Crippen LogP contribution < -0.4 is 5.32 Å². The first-order chi connectivity index (χ1) is 13.9. The minimum Gasteiger partial charge on any atom is -0.392 e. The number of halogens is 4. The smallest absolute Gasteiger partial charge is 0.392 e. The molecular weight excluding hydrogens is 396 g/mol. The Balaban J connectivity index is 3.27. The van der Waals surface area contributed by atoms with E-state index in [4.69, 9.17) is 0 Å². The number of allylic oxidation sites excluding steroid dienone is 4. The van der Waals surface area contributed by atoms with Crippen LogP contribution in [0.5, 0.6) is 0 Å². The maximum atomic E-state index is 14.5. The quantitative estimate of drug-likeness (QED) is 0.280. The van der Waals surface area contributed by atoms with Crippen LogP contribution in [-0.4, -0.2) is 31.8 Å². The van der Waals surface area contributed by atoms with Gasteiger partial charge in [-0.2, -0.15) is 13.2 Å². The highest BCUT2D eigenvalue weighted by molar-refractivity contribution is 5.94. The van der Waals surface area contributed by atoms with Crippen LogP contribution in [0.2, 0.25) is 0 Å². The molecule has 1 aromatic carbocycles. The Hall–Kier alpha value is -2.15. The normalized spacial score (nSPS) is 14.6. The summed E-state index contributed by atoms with van der Waals surface area (Å²) in [4.78, 5) is 14.1. The van der Waals surface area contributed by atoms with Gasteiger partial charge in [-0.1, -0.05) is 19.4 Å². The fourth-order valence-corrected chi connectivity index (χ4v) is 3.42.